The van der Waals surface area contributed by atoms with E-state index in [2.05, 4.69) is 5.32 Å². The summed E-state index contributed by atoms with van der Waals surface area (Å²) in [6, 6.07) is 8.81. The van der Waals surface area contributed by atoms with E-state index < -0.39 is 17.6 Å². The Bertz CT molecular complexity index is 783. The Hall–Kier alpha value is -3.16. The second-order valence-corrected chi connectivity index (χ2v) is 5.50. The SMILES string of the molecule is O=C(Nc1ccccc1F)C(=O)N1CCN(C(=O)c2ccco2)CC1. The molecule has 25 heavy (non-hydrogen) atoms. The van der Waals surface area contributed by atoms with Crippen molar-refractivity contribution in [2.75, 3.05) is 31.5 Å². The van der Waals surface area contributed by atoms with Crippen LogP contribution >= 0.6 is 0 Å². The standard InChI is InChI=1S/C17H16FN3O4/c18-12-4-1-2-5-13(12)19-15(22)17(24)21-9-7-20(8-10-21)16(23)14-6-3-11-25-14/h1-6,11H,7-10H2,(H,19,22). The van der Waals surface area contributed by atoms with Gasteiger partial charge in [0.15, 0.2) is 5.76 Å². The number of hydrogen-bond donors (Lipinski definition) is 1. The average molecular weight is 345 g/mol. The van der Waals surface area contributed by atoms with Crippen LogP contribution in [0.5, 0.6) is 0 Å². The van der Waals surface area contributed by atoms with E-state index in [-0.39, 0.29) is 43.5 Å². The fourth-order valence-electron chi connectivity index (χ4n) is 2.55. The molecule has 2 heterocycles. The average Bonchev–Trinajstić information content (AvgIpc) is 3.17. The third-order valence-electron chi connectivity index (χ3n) is 3.90. The van der Waals surface area contributed by atoms with Gasteiger partial charge >= 0.3 is 11.8 Å². The monoisotopic (exact) mass is 345 g/mol. The number of halogens is 1. The van der Waals surface area contributed by atoms with Crippen molar-refractivity contribution < 1.29 is 23.2 Å². The molecule has 0 spiro atoms. The normalized spacial score (nSPS) is 14.3. The first-order valence-electron chi connectivity index (χ1n) is 7.74. The molecule has 1 saturated heterocycles. The summed E-state index contributed by atoms with van der Waals surface area (Å²) in [7, 11) is 0. The number of furan rings is 1. The minimum Gasteiger partial charge on any atom is -0.459 e. The van der Waals surface area contributed by atoms with Crippen molar-refractivity contribution in [3.05, 3.63) is 54.2 Å². The fourth-order valence-corrected chi connectivity index (χ4v) is 2.55. The molecule has 3 amide bonds. The molecule has 7 nitrogen and oxygen atoms in total. The van der Waals surface area contributed by atoms with Crippen LogP contribution in [0.25, 0.3) is 0 Å². The summed E-state index contributed by atoms with van der Waals surface area (Å²) < 4.78 is 18.6. The lowest BCUT2D eigenvalue weighted by molar-refractivity contribution is -0.144. The van der Waals surface area contributed by atoms with Crippen LogP contribution in [0.1, 0.15) is 10.6 Å². The molecule has 0 bridgehead atoms. The van der Waals surface area contributed by atoms with Crippen molar-refractivity contribution in [3.8, 4) is 0 Å². The molecule has 0 radical (unpaired) electrons. The van der Waals surface area contributed by atoms with E-state index >= 15 is 0 Å². The van der Waals surface area contributed by atoms with Gasteiger partial charge in [0.05, 0.1) is 12.0 Å². The maximum absolute atomic E-state index is 13.5. The summed E-state index contributed by atoms with van der Waals surface area (Å²) in [5.41, 5.74) is -0.0486. The third kappa shape index (κ3) is 3.68. The number of hydrogen-bond acceptors (Lipinski definition) is 4. The third-order valence-corrected chi connectivity index (χ3v) is 3.90. The zero-order chi connectivity index (χ0) is 17.8. The molecule has 130 valence electrons. The Morgan fingerprint density at radius 2 is 1.64 bits per heavy atom. The first-order valence-corrected chi connectivity index (χ1v) is 7.74. The molecule has 1 aliphatic heterocycles. The number of anilines is 1. The van der Waals surface area contributed by atoms with Crippen molar-refractivity contribution in [1.29, 1.82) is 0 Å². The van der Waals surface area contributed by atoms with Gasteiger partial charge in [-0.2, -0.15) is 0 Å². The minimum atomic E-state index is -0.907. The molecule has 1 aromatic carbocycles. The van der Waals surface area contributed by atoms with Crippen molar-refractivity contribution in [2.24, 2.45) is 0 Å². The van der Waals surface area contributed by atoms with Crippen LogP contribution in [-0.2, 0) is 9.59 Å². The number of carbonyl (C=O) groups is 3. The predicted molar refractivity (Wildman–Crippen MR) is 86.2 cm³/mol. The highest BCUT2D eigenvalue weighted by atomic mass is 19.1. The van der Waals surface area contributed by atoms with Crippen LogP contribution in [0.2, 0.25) is 0 Å². The number of nitrogens with one attached hydrogen (secondary N) is 1. The first-order chi connectivity index (χ1) is 12.1. The van der Waals surface area contributed by atoms with Gasteiger partial charge in [-0.1, -0.05) is 12.1 Å². The molecule has 1 aliphatic rings. The van der Waals surface area contributed by atoms with E-state index in [1.54, 1.807) is 23.1 Å². The van der Waals surface area contributed by atoms with E-state index in [0.29, 0.717) is 0 Å². The topological polar surface area (TPSA) is 82.9 Å². The summed E-state index contributed by atoms with van der Waals surface area (Å²) in [6.45, 7) is 1.02. The molecule has 1 fully saturated rings. The Morgan fingerprint density at radius 3 is 2.28 bits per heavy atom. The van der Waals surface area contributed by atoms with Gasteiger partial charge in [-0.05, 0) is 24.3 Å². The predicted octanol–water partition coefficient (Wildman–Crippen LogP) is 1.34. The van der Waals surface area contributed by atoms with Crippen molar-refractivity contribution in [2.45, 2.75) is 0 Å². The maximum atomic E-state index is 13.5. The lowest BCUT2D eigenvalue weighted by Gasteiger charge is -2.33. The minimum absolute atomic E-state index is 0.0486. The smallest absolute Gasteiger partial charge is 0.313 e. The number of nitrogens with zero attached hydrogens (tertiary/aromatic N) is 2. The van der Waals surface area contributed by atoms with E-state index in [1.165, 1.54) is 29.4 Å². The number of benzene rings is 1. The van der Waals surface area contributed by atoms with Crippen molar-refractivity contribution in [1.82, 2.24) is 9.80 Å². The van der Waals surface area contributed by atoms with Gasteiger partial charge in [0.25, 0.3) is 5.91 Å². The highest BCUT2D eigenvalue weighted by Crippen LogP contribution is 2.13. The fraction of sp³-hybridized carbons (Fsp3) is 0.235. The van der Waals surface area contributed by atoms with E-state index in [0.717, 1.165) is 0 Å². The van der Waals surface area contributed by atoms with Crippen molar-refractivity contribution in [3.63, 3.8) is 0 Å². The second kappa shape index (κ2) is 7.16. The van der Waals surface area contributed by atoms with Crippen LogP contribution in [-0.4, -0.2) is 53.7 Å². The summed E-state index contributed by atoms with van der Waals surface area (Å²) in [5, 5.41) is 2.26. The van der Waals surface area contributed by atoms with Gasteiger partial charge in [-0.3, -0.25) is 14.4 Å². The number of rotatable bonds is 2. The highest BCUT2D eigenvalue weighted by molar-refractivity contribution is 6.39. The summed E-state index contributed by atoms with van der Waals surface area (Å²) in [5.74, 6) is -2.30. The molecule has 8 heteroatoms. The van der Waals surface area contributed by atoms with Crippen molar-refractivity contribution >= 4 is 23.4 Å². The second-order valence-electron chi connectivity index (χ2n) is 5.50. The molecule has 0 unspecified atom stereocenters. The van der Waals surface area contributed by atoms with Crippen LogP contribution in [0, 0.1) is 5.82 Å². The van der Waals surface area contributed by atoms with Gasteiger partial charge in [0, 0.05) is 26.2 Å². The van der Waals surface area contributed by atoms with E-state index in [1.807, 2.05) is 0 Å². The number of para-hydroxylation sites is 1. The van der Waals surface area contributed by atoms with Crippen LogP contribution in [0.4, 0.5) is 10.1 Å². The lowest BCUT2D eigenvalue weighted by atomic mass is 10.2. The van der Waals surface area contributed by atoms with Gasteiger partial charge in [0.2, 0.25) is 0 Å². The molecule has 1 N–H and O–H groups in total. The van der Waals surface area contributed by atoms with Gasteiger partial charge in [-0.15, -0.1) is 0 Å². The lowest BCUT2D eigenvalue weighted by Crippen LogP contribution is -2.53. The largest absolute Gasteiger partial charge is 0.459 e. The summed E-state index contributed by atoms with van der Waals surface area (Å²) >= 11 is 0. The molecule has 0 saturated carbocycles. The molecule has 2 aromatic rings. The zero-order valence-corrected chi connectivity index (χ0v) is 13.3. The number of carbonyl (C=O) groups excluding carboxylic acids is 3. The van der Waals surface area contributed by atoms with Gasteiger partial charge < -0.3 is 19.5 Å². The first kappa shape index (κ1) is 16.7. The van der Waals surface area contributed by atoms with Crippen LogP contribution in [0.15, 0.2) is 47.1 Å². The number of amides is 3. The number of piperazine rings is 1. The Labute approximate surface area is 143 Å². The van der Waals surface area contributed by atoms with Crippen LogP contribution < -0.4 is 5.32 Å². The van der Waals surface area contributed by atoms with E-state index in [9.17, 15) is 18.8 Å². The Balaban J connectivity index is 1.55. The molecule has 1 aromatic heterocycles. The maximum Gasteiger partial charge on any atom is 0.313 e. The summed E-state index contributed by atoms with van der Waals surface area (Å²) in [4.78, 5) is 39.2. The molecular weight excluding hydrogens is 329 g/mol. The van der Waals surface area contributed by atoms with Crippen LogP contribution in [0.3, 0.4) is 0 Å². The van der Waals surface area contributed by atoms with E-state index in [4.69, 9.17) is 4.42 Å². The quantitative estimate of drug-likeness (QED) is 0.833. The van der Waals surface area contributed by atoms with Gasteiger partial charge in [0.1, 0.15) is 5.82 Å². The Kier molecular flexibility index (Phi) is 4.78. The van der Waals surface area contributed by atoms with Gasteiger partial charge in [-0.25, -0.2) is 4.39 Å². The Morgan fingerprint density at radius 1 is 0.960 bits per heavy atom. The summed E-state index contributed by atoms with van der Waals surface area (Å²) in [6.07, 6.45) is 1.42. The zero-order valence-electron chi connectivity index (χ0n) is 13.3. The molecule has 0 atom stereocenters. The molecular formula is C17H16FN3O4. The molecule has 3 rings (SSSR count). The highest BCUT2D eigenvalue weighted by Gasteiger charge is 2.29. The molecule has 0 aliphatic carbocycles.